The van der Waals surface area contributed by atoms with Gasteiger partial charge in [0.2, 0.25) is 6.79 Å². The Morgan fingerprint density at radius 3 is 3.04 bits per heavy atom. The number of pyridine rings is 1. The Kier molecular flexibility index (Phi) is 3.15. The van der Waals surface area contributed by atoms with E-state index in [0.717, 1.165) is 22.7 Å². The monoisotopic (exact) mass is 309 g/mol. The smallest absolute Gasteiger partial charge is 0.251 e. The number of nitrogens with zero attached hydrogens (tertiary/aromatic N) is 2. The molecule has 1 aliphatic rings. The zero-order valence-electron chi connectivity index (χ0n) is 12.6. The molecule has 1 amide bonds. The second kappa shape index (κ2) is 5.31. The van der Waals surface area contributed by atoms with Crippen molar-refractivity contribution in [2.75, 3.05) is 6.79 Å². The highest BCUT2D eigenvalue weighted by atomic mass is 16.7. The van der Waals surface area contributed by atoms with E-state index in [0.29, 0.717) is 17.9 Å². The molecule has 1 aromatic carbocycles. The van der Waals surface area contributed by atoms with Gasteiger partial charge in [-0.1, -0.05) is 6.07 Å². The number of imidazole rings is 1. The average molecular weight is 309 g/mol. The van der Waals surface area contributed by atoms with Crippen molar-refractivity contribution in [1.29, 1.82) is 0 Å². The fraction of sp³-hybridized carbons (Fsp3) is 0.176. The first-order valence-electron chi connectivity index (χ1n) is 7.31. The molecule has 0 saturated heterocycles. The van der Waals surface area contributed by atoms with Gasteiger partial charge in [-0.15, -0.1) is 0 Å². The lowest BCUT2D eigenvalue weighted by atomic mass is 10.2. The van der Waals surface area contributed by atoms with Gasteiger partial charge in [0.25, 0.3) is 5.91 Å². The number of aryl methyl sites for hydroxylation is 1. The van der Waals surface area contributed by atoms with Gasteiger partial charge in [-0.25, -0.2) is 4.98 Å². The van der Waals surface area contributed by atoms with E-state index in [2.05, 4.69) is 10.3 Å². The van der Waals surface area contributed by atoms with Gasteiger partial charge in [0.05, 0.1) is 5.69 Å². The first-order chi connectivity index (χ1) is 11.2. The van der Waals surface area contributed by atoms with Gasteiger partial charge in [-0.2, -0.15) is 0 Å². The first-order valence-corrected chi connectivity index (χ1v) is 7.31. The molecule has 2 aromatic heterocycles. The molecule has 0 bridgehead atoms. The number of amides is 1. The number of carbonyl (C=O) groups is 1. The maximum atomic E-state index is 12.3. The summed E-state index contributed by atoms with van der Waals surface area (Å²) < 4.78 is 12.5. The molecule has 0 aliphatic carbocycles. The molecule has 4 rings (SSSR count). The van der Waals surface area contributed by atoms with Crippen LogP contribution in [0.5, 0.6) is 11.5 Å². The van der Waals surface area contributed by atoms with Crippen LogP contribution in [0.1, 0.15) is 21.6 Å². The third-order valence-corrected chi connectivity index (χ3v) is 3.73. The predicted molar refractivity (Wildman–Crippen MR) is 83.7 cm³/mol. The van der Waals surface area contributed by atoms with Crippen LogP contribution in [0, 0.1) is 6.92 Å². The van der Waals surface area contributed by atoms with Crippen molar-refractivity contribution in [3.05, 3.63) is 59.5 Å². The molecule has 3 heterocycles. The van der Waals surface area contributed by atoms with E-state index in [1.165, 1.54) is 0 Å². The Morgan fingerprint density at radius 1 is 1.26 bits per heavy atom. The largest absolute Gasteiger partial charge is 0.454 e. The van der Waals surface area contributed by atoms with Crippen LogP contribution in [0.4, 0.5) is 0 Å². The van der Waals surface area contributed by atoms with Gasteiger partial charge in [0.15, 0.2) is 11.5 Å². The zero-order chi connectivity index (χ0) is 15.8. The Bertz CT molecular complexity index is 901. The summed E-state index contributed by atoms with van der Waals surface area (Å²) in [5.74, 6) is 1.32. The molecule has 1 aliphatic heterocycles. The lowest BCUT2D eigenvalue weighted by molar-refractivity contribution is 0.0951. The van der Waals surface area contributed by atoms with Crippen molar-refractivity contribution in [3.8, 4) is 11.5 Å². The predicted octanol–water partition coefficient (Wildman–Crippen LogP) is 2.30. The van der Waals surface area contributed by atoms with Gasteiger partial charge in [-0.3, -0.25) is 4.79 Å². The van der Waals surface area contributed by atoms with E-state index in [1.807, 2.05) is 41.9 Å². The second-order valence-electron chi connectivity index (χ2n) is 5.43. The molecule has 0 spiro atoms. The van der Waals surface area contributed by atoms with Crippen molar-refractivity contribution in [3.63, 3.8) is 0 Å². The summed E-state index contributed by atoms with van der Waals surface area (Å²) in [5, 5.41) is 2.91. The summed E-state index contributed by atoms with van der Waals surface area (Å²) >= 11 is 0. The maximum Gasteiger partial charge on any atom is 0.251 e. The first kappa shape index (κ1) is 13.6. The molecule has 0 fully saturated rings. The minimum absolute atomic E-state index is 0.134. The van der Waals surface area contributed by atoms with E-state index in [9.17, 15) is 4.79 Å². The highest BCUT2D eigenvalue weighted by molar-refractivity contribution is 5.95. The minimum atomic E-state index is -0.134. The van der Waals surface area contributed by atoms with Crippen LogP contribution < -0.4 is 14.8 Å². The molecule has 0 radical (unpaired) electrons. The van der Waals surface area contributed by atoms with Crippen LogP contribution in [0.15, 0.2) is 42.7 Å². The molecular weight excluding hydrogens is 294 g/mol. The molecule has 6 heteroatoms. The molecular formula is C17H15N3O3. The summed E-state index contributed by atoms with van der Waals surface area (Å²) in [7, 11) is 0. The summed E-state index contributed by atoms with van der Waals surface area (Å²) in [6.07, 6.45) is 3.76. The number of benzene rings is 1. The highest BCUT2D eigenvalue weighted by Gasteiger charge is 2.14. The van der Waals surface area contributed by atoms with Crippen molar-refractivity contribution < 1.29 is 14.3 Å². The van der Waals surface area contributed by atoms with Crippen molar-refractivity contribution >= 4 is 11.6 Å². The number of aromatic nitrogens is 2. The van der Waals surface area contributed by atoms with Crippen LogP contribution in [-0.4, -0.2) is 22.1 Å². The highest BCUT2D eigenvalue weighted by Crippen LogP contribution is 2.32. The number of hydrogen-bond acceptors (Lipinski definition) is 4. The van der Waals surface area contributed by atoms with Crippen molar-refractivity contribution in [1.82, 2.24) is 14.7 Å². The van der Waals surface area contributed by atoms with Crippen LogP contribution in [-0.2, 0) is 6.54 Å². The Morgan fingerprint density at radius 2 is 2.13 bits per heavy atom. The van der Waals surface area contributed by atoms with Gasteiger partial charge in [-0.05, 0) is 36.8 Å². The van der Waals surface area contributed by atoms with Gasteiger partial charge in [0, 0.05) is 24.5 Å². The van der Waals surface area contributed by atoms with E-state index < -0.39 is 0 Å². The summed E-state index contributed by atoms with van der Waals surface area (Å²) in [5.41, 5.74) is 3.23. The van der Waals surface area contributed by atoms with Crippen LogP contribution >= 0.6 is 0 Å². The SMILES string of the molecule is Cc1cn2ccc(C(=O)NCc3ccc4c(c3)OCO4)cc2n1. The number of carbonyl (C=O) groups excluding carboxylic acids is 1. The summed E-state index contributed by atoms with van der Waals surface area (Å²) in [4.78, 5) is 16.7. The Hall–Kier alpha value is -3.02. The molecule has 0 atom stereocenters. The Labute approximate surface area is 132 Å². The molecule has 1 N–H and O–H groups in total. The summed E-state index contributed by atoms with van der Waals surface area (Å²) in [6.45, 7) is 2.59. The maximum absolute atomic E-state index is 12.3. The topological polar surface area (TPSA) is 64.9 Å². The lowest BCUT2D eigenvalue weighted by Gasteiger charge is -2.06. The number of ether oxygens (including phenoxy) is 2. The summed E-state index contributed by atoms with van der Waals surface area (Å²) in [6, 6.07) is 9.20. The van der Waals surface area contributed by atoms with E-state index in [4.69, 9.17) is 9.47 Å². The van der Waals surface area contributed by atoms with Crippen molar-refractivity contribution in [2.24, 2.45) is 0 Å². The average Bonchev–Trinajstić information content (AvgIpc) is 3.16. The molecule has 0 unspecified atom stereocenters. The number of fused-ring (bicyclic) bond motifs is 2. The molecule has 116 valence electrons. The van der Waals surface area contributed by atoms with Crippen LogP contribution in [0.25, 0.3) is 5.65 Å². The third kappa shape index (κ3) is 2.59. The van der Waals surface area contributed by atoms with E-state index >= 15 is 0 Å². The van der Waals surface area contributed by atoms with Gasteiger partial charge >= 0.3 is 0 Å². The quantitative estimate of drug-likeness (QED) is 0.806. The third-order valence-electron chi connectivity index (χ3n) is 3.73. The molecule has 6 nitrogen and oxygen atoms in total. The molecule has 3 aromatic rings. The fourth-order valence-corrected chi connectivity index (χ4v) is 2.59. The lowest BCUT2D eigenvalue weighted by Crippen LogP contribution is -2.22. The van der Waals surface area contributed by atoms with E-state index in [-0.39, 0.29) is 12.7 Å². The fourth-order valence-electron chi connectivity index (χ4n) is 2.59. The zero-order valence-corrected chi connectivity index (χ0v) is 12.6. The molecule has 0 saturated carbocycles. The number of nitrogens with one attached hydrogen (secondary N) is 1. The second-order valence-corrected chi connectivity index (χ2v) is 5.43. The Balaban J connectivity index is 1.48. The van der Waals surface area contributed by atoms with Crippen molar-refractivity contribution in [2.45, 2.75) is 13.5 Å². The molecule has 23 heavy (non-hydrogen) atoms. The van der Waals surface area contributed by atoms with Gasteiger partial charge < -0.3 is 19.2 Å². The number of rotatable bonds is 3. The van der Waals surface area contributed by atoms with Gasteiger partial charge in [0.1, 0.15) is 5.65 Å². The van der Waals surface area contributed by atoms with E-state index in [1.54, 1.807) is 12.1 Å². The minimum Gasteiger partial charge on any atom is -0.454 e. The van der Waals surface area contributed by atoms with Crippen LogP contribution in [0.2, 0.25) is 0 Å². The normalized spacial score (nSPS) is 12.6. The number of hydrogen-bond donors (Lipinski definition) is 1. The van der Waals surface area contributed by atoms with Crippen LogP contribution in [0.3, 0.4) is 0 Å². The standard InChI is InChI=1S/C17H15N3O3/c1-11-9-20-5-4-13(7-16(20)19-11)17(21)18-8-12-2-3-14-15(6-12)23-10-22-14/h2-7,9H,8,10H2,1H3,(H,18,21).